The molecule has 2 saturated heterocycles. The molecule has 6 nitrogen and oxygen atoms in total. The molecule has 0 aromatic heterocycles. The first-order valence-electron chi connectivity index (χ1n) is 11.1. The number of alkyl halides is 3. The summed E-state index contributed by atoms with van der Waals surface area (Å²) in [4.78, 5) is 8.95. The Morgan fingerprint density at radius 2 is 1.86 bits per heavy atom. The fourth-order valence-corrected chi connectivity index (χ4v) is 4.91. The van der Waals surface area contributed by atoms with Gasteiger partial charge < -0.3 is 15.4 Å². The molecule has 0 aromatic carbocycles. The van der Waals surface area contributed by atoms with Crippen molar-refractivity contribution in [1.82, 2.24) is 20.4 Å². The Kier molecular flexibility index (Phi) is 8.04. The number of morpholine rings is 1. The summed E-state index contributed by atoms with van der Waals surface area (Å²) < 4.78 is 43.5. The smallest absolute Gasteiger partial charge is 0.379 e. The molecule has 0 aromatic rings. The van der Waals surface area contributed by atoms with Gasteiger partial charge in [-0.15, -0.1) is 0 Å². The molecular formula is C20H36F3N5O. The number of rotatable bonds is 6. The Hall–Kier alpha value is -1.06. The van der Waals surface area contributed by atoms with Crippen molar-refractivity contribution in [3.05, 3.63) is 0 Å². The van der Waals surface area contributed by atoms with Gasteiger partial charge in [0.25, 0.3) is 0 Å². The minimum Gasteiger partial charge on any atom is -0.379 e. The standard InChI is InChI=1S/C20H36F3N5O/c1-2-24-18(26-17-6-9-27(14-17)16-20(21,22)23)25-15-19(7-4-3-5-8-19)28-10-12-29-13-11-28/h17H,2-16H2,1H3,(H2,24,25,26). The highest BCUT2D eigenvalue weighted by Gasteiger charge is 2.39. The molecule has 0 amide bonds. The molecule has 1 saturated carbocycles. The second-order valence-corrected chi connectivity index (χ2v) is 8.56. The molecule has 168 valence electrons. The summed E-state index contributed by atoms with van der Waals surface area (Å²) in [6.45, 7) is 6.97. The first-order chi connectivity index (χ1) is 13.9. The zero-order chi connectivity index (χ0) is 20.7. The van der Waals surface area contributed by atoms with Crippen molar-refractivity contribution in [2.45, 2.75) is 63.2 Å². The lowest BCUT2D eigenvalue weighted by molar-refractivity contribution is -0.143. The maximum absolute atomic E-state index is 12.7. The number of likely N-dealkylation sites (tertiary alicyclic amines) is 1. The van der Waals surface area contributed by atoms with Gasteiger partial charge in [-0.2, -0.15) is 13.2 Å². The predicted octanol–water partition coefficient (Wildman–Crippen LogP) is 2.21. The van der Waals surface area contributed by atoms with Gasteiger partial charge in [-0.3, -0.25) is 14.8 Å². The highest BCUT2D eigenvalue weighted by atomic mass is 19.4. The van der Waals surface area contributed by atoms with Crippen LogP contribution in [0.4, 0.5) is 13.2 Å². The van der Waals surface area contributed by atoms with E-state index < -0.39 is 12.7 Å². The van der Waals surface area contributed by atoms with Crippen LogP contribution in [-0.2, 0) is 4.74 Å². The summed E-state index contributed by atoms with van der Waals surface area (Å²) in [6, 6.07) is 0.000780. The monoisotopic (exact) mass is 419 g/mol. The van der Waals surface area contributed by atoms with E-state index >= 15 is 0 Å². The van der Waals surface area contributed by atoms with Gasteiger partial charge >= 0.3 is 6.18 Å². The molecule has 0 bridgehead atoms. The van der Waals surface area contributed by atoms with E-state index in [1.165, 1.54) is 24.2 Å². The molecule has 1 unspecified atom stereocenters. The largest absolute Gasteiger partial charge is 0.401 e. The van der Waals surface area contributed by atoms with Crippen molar-refractivity contribution in [2.75, 3.05) is 59.0 Å². The normalized spacial score (nSPS) is 27.2. The molecule has 2 aliphatic heterocycles. The number of nitrogens with one attached hydrogen (secondary N) is 2. The lowest BCUT2D eigenvalue weighted by atomic mass is 9.80. The molecule has 29 heavy (non-hydrogen) atoms. The Bertz CT molecular complexity index is 531. The molecule has 0 spiro atoms. The molecule has 3 aliphatic rings. The van der Waals surface area contributed by atoms with Gasteiger partial charge in [-0.05, 0) is 26.2 Å². The van der Waals surface area contributed by atoms with Gasteiger partial charge in [0.2, 0.25) is 0 Å². The van der Waals surface area contributed by atoms with Crippen LogP contribution in [0.3, 0.4) is 0 Å². The van der Waals surface area contributed by atoms with Crippen LogP contribution in [0.5, 0.6) is 0 Å². The second kappa shape index (κ2) is 10.3. The number of hydrogen-bond donors (Lipinski definition) is 2. The van der Waals surface area contributed by atoms with Crippen molar-refractivity contribution in [3.63, 3.8) is 0 Å². The zero-order valence-corrected chi connectivity index (χ0v) is 17.6. The summed E-state index contributed by atoms with van der Waals surface area (Å²) in [7, 11) is 0. The summed E-state index contributed by atoms with van der Waals surface area (Å²) in [6.07, 6.45) is 2.61. The third kappa shape index (κ3) is 6.72. The second-order valence-electron chi connectivity index (χ2n) is 8.56. The first kappa shape index (κ1) is 22.6. The molecule has 9 heteroatoms. The van der Waals surface area contributed by atoms with Crippen molar-refractivity contribution < 1.29 is 17.9 Å². The molecule has 1 aliphatic carbocycles. The number of hydrogen-bond acceptors (Lipinski definition) is 4. The van der Waals surface area contributed by atoms with Crippen LogP contribution >= 0.6 is 0 Å². The highest BCUT2D eigenvalue weighted by molar-refractivity contribution is 5.80. The lowest BCUT2D eigenvalue weighted by Crippen LogP contribution is -2.57. The molecule has 1 atom stereocenters. The first-order valence-corrected chi connectivity index (χ1v) is 11.1. The fourth-order valence-electron chi connectivity index (χ4n) is 4.91. The third-order valence-corrected chi connectivity index (χ3v) is 6.36. The maximum atomic E-state index is 12.7. The van der Waals surface area contributed by atoms with Crippen LogP contribution in [0.1, 0.15) is 45.4 Å². The van der Waals surface area contributed by atoms with Gasteiger partial charge in [-0.1, -0.05) is 19.3 Å². The Labute approximate surface area is 172 Å². The maximum Gasteiger partial charge on any atom is 0.401 e. The van der Waals surface area contributed by atoms with Gasteiger partial charge in [0.05, 0.1) is 26.3 Å². The number of halogens is 3. The molecule has 2 heterocycles. The molecular weight excluding hydrogens is 383 g/mol. The van der Waals surface area contributed by atoms with Gasteiger partial charge in [0.1, 0.15) is 0 Å². The van der Waals surface area contributed by atoms with Crippen LogP contribution < -0.4 is 10.6 Å². The van der Waals surface area contributed by atoms with E-state index in [4.69, 9.17) is 9.73 Å². The predicted molar refractivity (Wildman–Crippen MR) is 108 cm³/mol. The van der Waals surface area contributed by atoms with E-state index in [9.17, 15) is 13.2 Å². The average molecular weight is 420 g/mol. The molecule has 3 rings (SSSR count). The lowest BCUT2D eigenvalue weighted by Gasteiger charge is -2.47. The van der Waals surface area contributed by atoms with Crippen molar-refractivity contribution in [3.8, 4) is 0 Å². The quantitative estimate of drug-likeness (QED) is 0.511. The van der Waals surface area contributed by atoms with E-state index in [1.54, 1.807) is 0 Å². The number of aliphatic imine (C=N–C) groups is 1. The third-order valence-electron chi connectivity index (χ3n) is 6.36. The topological polar surface area (TPSA) is 52.1 Å². The molecule has 2 N–H and O–H groups in total. The van der Waals surface area contributed by atoms with E-state index in [1.807, 2.05) is 6.92 Å². The van der Waals surface area contributed by atoms with Gasteiger partial charge in [0, 0.05) is 44.3 Å². The fraction of sp³-hybridized carbons (Fsp3) is 0.950. The average Bonchev–Trinajstić information content (AvgIpc) is 3.13. The van der Waals surface area contributed by atoms with E-state index in [0.29, 0.717) is 19.5 Å². The summed E-state index contributed by atoms with van der Waals surface area (Å²) in [5.74, 6) is 0.726. The van der Waals surface area contributed by atoms with Crippen LogP contribution in [-0.4, -0.2) is 92.5 Å². The van der Waals surface area contributed by atoms with Crippen molar-refractivity contribution in [1.29, 1.82) is 0 Å². The Balaban J connectivity index is 1.61. The van der Waals surface area contributed by atoms with Crippen molar-refractivity contribution in [2.24, 2.45) is 4.99 Å². The molecule has 3 fully saturated rings. The minimum atomic E-state index is -4.14. The number of ether oxygens (including phenoxy) is 1. The van der Waals surface area contributed by atoms with Crippen molar-refractivity contribution >= 4 is 5.96 Å². The summed E-state index contributed by atoms with van der Waals surface area (Å²) in [5.41, 5.74) is 0.0857. The van der Waals surface area contributed by atoms with Crippen LogP contribution in [0.15, 0.2) is 4.99 Å². The molecule has 0 radical (unpaired) electrons. The number of guanidine groups is 1. The summed E-state index contributed by atoms with van der Waals surface area (Å²) in [5, 5.41) is 6.67. The van der Waals surface area contributed by atoms with Crippen LogP contribution in [0.25, 0.3) is 0 Å². The van der Waals surface area contributed by atoms with Gasteiger partial charge in [-0.25, -0.2) is 0 Å². The van der Waals surface area contributed by atoms with E-state index in [0.717, 1.165) is 58.2 Å². The van der Waals surface area contributed by atoms with E-state index in [-0.39, 0.29) is 11.6 Å². The Morgan fingerprint density at radius 1 is 1.14 bits per heavy atom. The highest BCUT2D eigenvalue weighted by Crippen LogP contribution is 2.34. The van der Waals surface area contributed by atoms with Crippen LogP contribution in [0, 0.1) is 0 Å². The summed E-state index contributed by atoms with van der Waals surface area (Å²) >= 11 is 0. The Morgan fingerprint density at radius 3 is 2.52 bits per heavy atom. The number of nitrogens with zero attached hydrogens (tertiary/aromatic N) is 3. The van der Waals surface area contributed by atoms with E-state index in [2.05, 4.69) is 15.5 Å². The SMILES string of the molecule is CCNC(=NCC1(N2CCOCC2)CCCCC1)NC1CCN(CC(F)(F)F)C1. The zero-order valence-electron chi connectivity index (χ0n) is 17.6. The van der Waals surface area contributed by atoms with Crippen LogP contribution in [0.2, 0.25) is 0 Å². The minimum absolute atomic E-state index is 0.000780. The van der Waals surface area contributed by atoms with Gasteiger partial charge in [0.15, 0.2) is 5.96 Å².